The summed E-state index contributed by atoms with van der Waals surface area (Å²) in [6.45, 7) is 7.31. The van der Waals surface area contributed by atoms with Gasteiger partial charge in [-0.2, -0.15) is 0 Å². The molecule has 0 saturated heterocycles. The van der Waals surface area contributed by atoms with E-state index >= 15 is 0 Å². The molecular weight excluding hydrogens is 276 g/mol. The third-order valence-electron chi connectivity index (χ3n) is 3.07. The maximum Gasteiger partial charge on any atom is 0.249 e. The van der Waals surface area contributed by atoms with Crippen LogP contribution >= 0.6 is 0 Å². The molecule has 116 valence electrons. The van der Waals surface area contributed by atoms with Gasteiger partial charge in [0.05, 0.1) is 12.6 Å². The quantitative estimate of drug-likeness (QED) is 0.746. The van der Waals surface area contributed by atoms with Gasteiger partial charge in [-0.15, -0.1) is 6.58 Å². The standard InChI is InChI=1S/C16H21F2NO2/c1-4-6-15(13-8-7-12(17)10-14(13)18)19-16(20)11(3)21-9-5-2/h5,7-8,10-11,15H,2,4,6,9H2,1,3H3,(H,19,20)/t11-,15+/m1/s1. The van der Waals surface area contributed by atoms with Crippen LogP contribution in [-0.4, -0.2) is 18.6 Å². The second kappa shape index (κ2) is 8.52. The fourth-order valence-electron chi connectivity index (χ4n) is 1.96. The van der Waals surface area contributed by atoms with E-state index in [0.717, 1.165) is 12.5 Å². The van der Waals surface area contributed by atoms with Crippen molar-refractivity contribution in [2.75, 3.05) is 6.61 Å². The van der Waals surface area contributed by atoms with Crippen molar-refractivity contribution in [2.45, 2.75) is 38.8 Å². The van der Waals surface area contributed by atoms with E-state index in [2.05, 4.69) is 11.9 Å². The van der Waals surface area contributed by atoms with E-state index < -0.39 is 23.8 Å². The molecule has 0 heterocycles. The van der Waals surface area contributed by atoms with Crippen LogP contribution < -0.4 is 5.32 Å². The van der Waals surface area contributed by atoms with Gasteiger partial charge in [-0.25, -0.2) is 8.78 Å². The lowest BCUT2D eigenvalue weighted by molar-refractivity contribution is -0.131. The lowest BCUT2D eigenvalue weighted by Gasteiger charge is -2.21. The molecule has 3 nitrogen and oxygen atoms in total. The molecule has 5 heteroatoms. The van der Waals surface area contributed by atoms with Crippen LogP contribution in [-0.2, 0) is 9.53 Å². The number of carbonyl (C=O) groups excluding carboxylic acids is 1. The number of halogens is 2. The van der Waals surface area contributed by atoms with Gasteiger partial charge < -0.3 is 10.1 Å². The predicted octanol–water partition coefficient (Wildman–Crippen LogP) is 3.51. The van der Waals surface area contributed by atoms with Crippen LogP contribution in [0.4, 0.5) is 8.78 Å². The van der Waals surface area contributed by atoms with E-state index in [1.807, 2.05) is 6.92 Å². The molecule has 0 aliphatic rings. The second-order valence-corrected chi connectivity index (χ2v) is 4.78. The average Bonchev–Trinajstić information content (AvgIpc) is 2.44. The molecule has 0 spiro atoms. The molecule has 1 aromatic carbocycles. The Morgan fingerprint density at radius 3 is 2.76 bits per heavy atom. The minimum Gasteiger partial charge on any atom is -0.365 e. The van der Waals surface area contributed by atoms with E-state index in [1.54, 1.807) is 13.0 Å². The summed E-state index contributed by atoms with van der Waals surface area (Å²) in [7, 11) is 0. The van der Waals surface area contributed by atoms with E-state index in [-0.39, 0.29) is 18.1 Å². The first-order valence-corrected chi connectivity index (χ1v) is 6.97. The SMILES string of the molecule is C=CCO[C@H](C)C(=O)N[C@@H](CCC)c1ccc(F)cc1F. The number of hydrogen-bond donors (Lipinski definition) is 1. The van der Waals surface area contributed by atoms with Gasteiger partial charge in [0, 0.05) is 11.6 Å². The van der Waals surface area contributed by atoms with Gasteiger partial charge in [-0.3, -0.25) is 4.79 Å². The number of nitrogens with one attached hydrogen (secondary N) is 1. The molecule has 1 aromatic rings. The zero-order valence-corrected chi connectivity index (χ0v) is 12.4. The monoisotopic (exact) mass is 297 g/mol. The smallest absolute Gasteiger partial charge is 0.249 e. The molecule has 1 N–H and O–H groups in total. The number of amides is 1. The van der Waals surface area contributed by atoms with Crippen molar-refractivity contribution in [3.05, 3.63) is 48.1 Å². The van der Waals surface area contributed by atoms with Gasteiger partial charge in [0.15, 0.2) is 0 Å². The van der Waals surface area contributed by atoms with Gasteiger partial charge in [0.1, 0.15) is 17.7 Å². The van der Waals surface area contributed by atoms with Gasteiger partial charge >= 0.3 is 0 Å². The summed E-state index contributed by atoms with van der Waals surface area (Å²) in [5.74, 6) is -1.63. The molecule has 1 rings (SSSR count). The first-order chi connectivity index (χ1) is 9.99. The molecule has 0 fully saturated rings. The van der Waals surface area contributed by atoms with Gasteiger partial charge in [-0.05, 0) is 19.4 Å². The minimum absolute atomic E-state index is 0.262. The zero-order chi connectivity index (χ0) is 15.8. The topological polar surface area (TPSA) is 38.3 Å². The lowest BCUT2D eigenvalue weighted by atomic mass is 10.0. The molecule has 0 aliphatic carbocycles. The zero-order valence-electron chi connectivity index (χ0n) is 12.4. The van der Waals surface area contributed by atoms with E-state index in [9.17, 15) is 13.6 Å². The van der Waals surface area contributed by atoms with E-state index in [4.69, 9.17) is 4.74 Å². The molecule has 0 radical (unpaired) electrons. The number of carbonyl (C=O) groups is 1. The van der Waals surface area contributed by atoms with Crippen molar-refractivity contribution in [1.29, 1.82) is 0 Å². The number of rotatable bonds is 8. The molecule has 1 amide bonds. The van der Waals surface area contributed by atoms with Crippen LogP contribution in [0.25, 0.3) is 0 Å². The molecular formula is C16H21F2NO2. The van der Waals surface area contributed by atoms with Crippen molar-refractivity contribution in [1.82, 2.24) is 5.32 Å². The number of ether oxygens (including phenoxy) is 1. The highest BCUT2D eigenvalue weighted by Gasteiger charge is 2.21. The average molecular weight is 297 g/mol. The Morgan fingerprint density at radius 1 is 1.48 bits per heavy atom. The molecule has 0 unspecified atom stereocenters. The summed E-state index contributed by atoms with van der Waals surface area (Å²) in [4.78, 5) is 12.0. The molecule has 21 heavy (non-hydrogen) atoms. The summed E-state index contributed by atoms with van der Waals surface area (Å²) in [6, 6.07) is 2.87. The fraction of sp³-hybridized carbons (Fsp3) is 0.438. The van der Waals surface area contributed by atoms with Crippen molar-refractivity contribution >= 4 is 5.91 Å². The van der Waals surface area contributed by atoms with Crippen LogP contribution in [0.2, 0.25) is 0 Å². The van der Waals surface area contributed by atoms with Crippen LogP contribution in [0.1, 0.15) is 38.3 Å². The highest BCUT2D eigenvalue weighted by atomic mass is 19.1. The number of benzene rings is 1. The Hall–Kier alpha value is -1.75. The third-order valence-corrected chi connectivity index (χ3v) is 3.07. The first-order valence-electron chi connectivity index (χ1n) is 6.97. The van der Waals surface area contributed by atoms with Crippen molar-refractivity contribution < 1.29 is 18.3 Å². The Balaban J connectivity index is 2.81. The largest absolute Gasteiger partial charge is 0.365 e. The van der Waals surface area contributed by atoms with E-state index in [0.29, 0.717) is 6.42 Å². The van der Waals surface area contributed by atoms with Crippen LogP contribution in [0.5, 0.6) is 0 Å². The first kappa shape index (κ1) is 17.3. The molecule has 2 atom stereocenters. The molecule has 0 bridgehead atoms. The van der Waals surface area contributed by atoms with Gasteiger partial charge in [-0.1, -0.05) is 25.5 Å². The summed E-state index contributed by atoms with van der Waals surface area (Å²) in [6.07, 6.45) is 2.20. The van der Waals surface area contributed by atoms with Crippen LogP contribution in [0.3, 0.4) is 0 Å². The number of hydrogen-bond acceptors (Lipinski definition) is 2. The van der Waals surface area contributed by atoms with E-state index in [1.165, 1.54) is 12.1 Å². The summed E-state index contributed by atoms with van der Waals surface area (Å²) >= 11 is 0. The second-order valence-electron chi connectivity index (χ2n) is 4.78. The van der Waals surface area contributed by atoms with Crippen LogP contribution in [0.15, 0.2) is 30.9 Å². The Bertz CT molecular complexity index is 491. The maximum absolute atomic E-state index is 13.8. The fourth-order valence-corrected chi connectivity index (χ4v) is 1.96. The molecule has 0 aromatic heterocycles. The Kier molecular flexibility index (Phi) is 7.02. The summed E-state index contributed by atoms with van der Waals surface area (Å²) < 4.78 is 32.0. The molecule has 0 aliphatic heterocycles. The molecule has 0 saturated carbocycles. The van der Waals surface area contributed by atoms with Gasteiger partial charge in [0.2, 0.25) is 5.91 Å². The van der Waals surface area contributed by atoms with Crippen LogP contribution in [0, 0.1) is 11.6 Å². The summed E-state index contributed by atoms with van der Waals surface area (Å²) in [5.41, 5.74) is 0.280. The predicted molar refractivity (Wildman–Crippen MR) is 77.8 cm³/mol. The summed E-state index contributed by atoms with van der Waals surface area (Å²) in [5, 5.41) is 2.74. The lowest BCUT2D eigenvalue weighted by Crippen LogP contribution is -2.37. The van der Waals surface area contributed by atoms with Crippen molar-refractivity contribution in [3.8, 4) is 0 Å². The highest BCUT2D eigenvalue weighted by molar-refractivity contribution is 5.80. The Morgan fingerprint density at radius 2 is 2.19 bits per heavy atom. The van der Waals surface area contributed by atoms with Gasteiger partial charge in [0.25, 0.3) is 0 Å². The van der Waals surface area contributed by atoms with Crippen molar-refractivity contribution in [3.63, 3.8) is 0 Å². The Labute approximate surface area is 124 Å². The maximum atomic E-state index is 13.8. The highest BCUT2D eigenvalue weighted by Crippen LogP contribution is 2.22. The minimum atomic E-state index is -0.661. The third kappa shape index (κ3) is 5.27. The normalized spacial score (nSPS) is 13.5. The van der Waals surface area contributed by atoms with Crippen molar-refractivity contribution in [2.24, 2.45) is 0 Å².